The number of hydrogen-bond acceptors (Lipinski definition) is 3. The Morgan fingerprint density at radius 3 is 2.54 bits per heavy atom. The molecule has 0 unspecified atom stereocenters. The number of aliphatic imine (C=N–C) groups is 1. The second-order valence-electron chi connectivity index (χ2n) is 5.21. The average molecular weight is 473 g/mol. The molecule has 0 aliphatic heterocycles. The first-order chi connectivity index (χ1) is 12.2. The van der Waals surface area contributed by atoms with Crippen molar-refractivity contribution in [3.05, 3.63) is 53.8 Å². The van der Waals surface area contributed by atoms with Crippen molar-refractivity contribution in [1.82, 2.24) is 5.32 Å². The molecule has 2 rings (SSSR count). The monoisotopic (exact) mass is 473 g/mol. The highest BCUT2D eigenvalue weighted by Crippen LogP contribution is 2.30. The number of guanidine groups is 1. The van der Waals surface area contributed by atoms with Crippen LogP contribution < -0.4 is 20.1 Å². The molecule has 0 aliphatic carbocycles. The van der Waals surface area contributed by atoms with Crippen LogP contribution in [0.1, 0.15) is 19.4 Å². The van der Waals surface area contributed by atoms with Gasteiger partial charge in [-0.3, -0.25) is 0 Å². The first-order valence-electron chi connectivity index (χ1n) is 8.27. The maximum atomic E-state index is 13.7. The molecule has 0 aliphatic rings. The fraction of sp³-hybridized carbons (Fsp3) is 0.316. The van der Waals surface area contributed by atoms with Crippen molar-refractivity contribution in [2.45, 2.75) is 20.4 Å². The van der Waals surface area contributed by atoms with Gasteiger partial charge in [-0.25, -0.2) is 9.38 Å². The van der Waals surface area contributed by atoms with Crippen LogP contribution >= 0.6 is 24.0 Å². The summed E-state index contributed by atoms with van der Waals surface area (Å²) < 4.78 is 24.6. The van der Waals surface area contributed by atoms with Gasteiger partial charge in [-0.2, -0.15) is 0 Å². The molecule has 0 spiro atoms. The molecule has 2 N–H and O–H groups in total. The molecule has 0 aromatic heterocycles. The maximum absolute atomic E-state index is 13.7. The van der Waals surface area contributed by atoms with Gasteiger partial charge in [0.25, 0.3) is 0 Å². The molecule has 0 atom stereocenters. The number of nitrogens with zero attached hydrogens (tertiary/aromatic N) is 1. The van der Waals surface area contributed by atoms with Crippen LogP contribution in [-0.2, 0) is 6.54 Å². The highest BCUT2D eigenvalue weighted by Gasteiger charge is 2.07. The summed E-state index contributed by atoms with van der Waals surface area (Å²) in [5.74, 6) is 1.63. The van der Waals surface area contributed by atoms with Crippen LogP contribution in [0.25, 0.3) is 0 Å². The number of rotatable bonds is 7. The molecule has 2 aromatic rings. The Morgan fingerprint density at radius 1 is 1.12 bits per heavy atom. The molecule has 0 fully saturated rings. The quantitative estimate of drug-likeness (QED) is 0.355. The van der Waals surface area contributed by atoms with E-state index in [9.17, 15) is 4.39 Å². The third-order valence-electron chi connectivity index (χ3n) is 3.44. The second kappa shape index (κ2) is 11.6. The van der Waals surface area contributed by atoms with E-state index >= 15 is 0 Å². The number of benzene rings is 2. The molecule has 5 nitrogen and oxygen atoms in total. The van der Waals surface area contributed by atoms with Crippen LogP contribution in [0.5, 0.6) is 11.5 Å². The Hall–Kier alpha value is -2.03. The van der Waals surface area contributed by atoms with Gasteiger partial charge in [0, 0.05) is 23.9 Å². The number of ether oxygens (including phenoxy) is 2. The third-order valence-corrected chi connectivity index (χ3v) is 3.44. The largest absolute Gasteiger partial charge is 0.493 e. The molecule has 0 bridgehead atoms. The van der Waals surface area contributed by atoms with Crippen LogP contribution in [0.2, 0.25) is 0 Å². The highest BCUT2D eigenvalue weighted by atomic mass is 127. The van der Waals surface area contributed by atoms with Gasteiger partial charge >= 0.3 is 0 Å². The Labute approximate surface area is 171 Å². The van der Waals surface area contributed by atoms with E-state index in [0.29, 0.717) is 36.2 Å². The minimum Gasteiger partial charge on any atom is -0.493 e. The predicted octanol–water partition coefficient (Wildman–Crippen LogP) is 4.43. The second-order valence-corrected chi connectivity index (χ2v) is 5.21. The van der Waals surface area contributed by atoms with Gasteiger partial charge in [-0.15, -0.1) is 24.0 Å². The molecule has 0 amide bonds. The van der Waals surface area contributed by atoms with Gasteiger partial charge < -0.3 is 20.1 Å². The standard InChI is InChI=1S/C19H24FN3O2.HI/c1-4-21-19(22-13-14-8-6-7-9-16(14)20)23-15-10-11-17(25-5-2)18(12-15)24-3;/h6-12H,4-5,13H2,1-3H3,(H2,21,22,23);1H. The van der Waals surface area contributed by atoms with E-state index in [-0.39, 0.29) is 36.3 Å². The van der Waals surface area contributed by atoms with Gasteiger partial charge in [0.1, 0.15) is 5.82 Å². The lowest BCUT2D eigenvalue weighted by atomic mass is 10.2. The van der Waals surface area contributed by atoms with Crippen LogP contribution in [0.15, 0.2) is 47.5 Å². The smallest absolute Gasteiger partial charge is 0.196 e. The van der Waals surface area contributed by atoms with Crippen molar-refractivity contribution in [2.75, 3.05) is 25.6 Å². The summed E-state index contributed by atoms with van der Waals surface area (Å²) in [6.45, 7) is 5.40. The Balaban J connectivity index is 0.00000338. The summed E-state index contributed by atoms with van der Waals surface area (Å²) in [5, 5.41) is 6.34. The maximum Gasteiger partial charge on any atom is 0.196 e. The van der Waals surface area contributed by atoms with Gasteiger partial charge in [0.2, 0.25) is 0 Å². The Kier molecular flexibility index (Phi) is 9.79. The van der Waals surface area contributed by atoms with Crippen molar-refractivity contribution in [2.24, 2.45) is 4.99 Å². The van der Waals surface area contributed by atoms with E-state index in [1.807, 2.05) is 32.0 Å². The zero-order valence-corrected chi connectivity index (χ0v) is 17.5. The van der Waals surface area contributed by atoms with E-state index in [4.69, 9.17) is 9.47 Å². The summed E-state index contributed by atoms with van der Waals surface area (Å²) in [7, 11) is 1.60. The zero-order valence-electron chi connectivity index (χ0n) is 15.2. The summed E-state index contributed by atoms with van der Waals surface area (Å²) in [6.07, 6.45) is 0. The van der Waals surface area contributed by atoms with E-state index in [2.05, 4.69) is 15.6 Å². The van der Waals surface area contributed by atoms with Crippen LogP contribution in [0.4, 0.5) is 10.1 Å². The summed E-state index contributed by atoms with van der Waals surface area (Å²) >= 11 is 0. The molecule has 0 saturated carbocycles. The summed E-state index contributed by atoms with van der Waals surface area (Å²) in [4.78, 5) is 4.44. The van der Waals surface area contributed by atoms with Crippen molar-refractivity contribution in [3.8, 4) is 11.5 Å². The van der Waals surface area contributed by atoms with Crippen LogP contribution in [-0.4, -0.2) is 26.2 Å². The molecule has 142 valence electrons. The SMILES string of the molecule is CCNC(=NCc1ccccc1F)Nc1ccc(OCC)c(OC)c1.I. The van der Waals surface area contributed by atoms with E-state index < -0.39 is 0 Å². The van der Waals surface area contributed by atoms with E-state index in [1.54, 1.807) is 25.3 Å². The lowest BCUT2D eigenvalue weighted by molar-refractivity contribution is 0.311. The molecule has 2 aromatic carbocycles. The van der Waals surface area contributed by atoms with Crippen molar-refractivity contribution < 1.29 is 13.9 Å². The molecule has 26 heavy (non-hydrogen) atoms. The van der Waals surface area contributed by atoms with E-state index in [0.717, 1.165) is 5.69 Å². The fourth-order valence-corrected chi connectivity index (χ4v) is 2.25. The van der Waals surface area contributed by atoms with Crippen LogP contribution in [0.3, 0.4) is 0 Å². The van der Waals surface area contributed by atoms with Gasteiger partial charge in [0.05, 0.1) is 20.3 Å². The van der Waals surface area contributed by atoms with Gasteiger partial charge in [-0.05, 0) is 32.0 Å². The van der Waals surface area contributed by atoms with Gasteiger partial charge in [-0.1, -0.05) is 18.2 Å². The lowest BCUT2D eigenvalue weighted by Crippen LogP contribution is -2.30. The first-order valence-corrected chi connectivity index (χ1v) is 8.27. The topological polar surface area (TPSA) is 54.9 Å². The summed E-state index contributed by atoms with van der Waals surface area (Å²) in [6, 6.07) is 12.2. The third kappa shape index (κ3) is 6.36. The van der Waals surface area contributed by atoms with Crippen molar-refractivity contribution in [3.63, 3.8) is 0 Å². The first kappa shape index (κ1) is 22.0. The van der Waals surface area contributed by atoms with Crippen molar-refractivity contribution in [1.29, 1.82) is 0 Å². The molecule has 0 radical (unpaired) electrons. The predicted molar refractivity (Wildman–Crippen MR) is 114 cm³/mol. The molecule has 0 saturated heterocycles. The number of anilines is 1. The molecular weight excluding hydrogens is 448 g/mol. The molecular formula is C19H25FIN3O2. The van der Waals surface area contributed by atoms with Crippen LogP contribution in [0, 0.1) is 5.82 Å². The average Bonchev–Trinajstić information content (AvgIpc) is 2.62. The number of halogens is 2. The number of methoxy groups -OCH3 is 1. The molecule has 0 heterocycles. The van der Waals surface area contributed by atoms with E-state index in [1.165, 1.54) is 6.07 Å². The Bertz CT molecular complexity index is 726. The number of nitrogens with one attached hydrogen (secondary N) is 2. The van der Waals surface area contributed by atoms with Gasteiger partial charge in [0.15, 0.2) is 17.5 Å². The fourth-order valence-electron chi connectivity index (χ4n) is 2.25. The summed E-state index contributed by atoms with van der Waals surface area (Å²) in [5.41, 5.74) is 1.34. The number of hydrogen-bond donors (Lipinski definition) is 2. The normalized spacial score (nSPS) is 10.7. The molecule has 7 heteroatoms. The lowest BCUT2D eigenvalue weighted by Gasteiger charge is -2.14. The zero-order chi connectivity index (χ0) is 18.1. The minimum atomic E-state index is -0.259. The highest BCUT2D eigenvalue weighted by molar-refractivity contribution is 14.0. The van der Waals surface area contributed by atoms with Crippen molar-refractivity contribution >= 4 is 35.6 Å². The minimum absolute atomic E-state index is 0. The Morgan fingerprint density at radius 2 is 1.88 bits per heavy atom.